The quantitative estimate of drug-likeness (QED) is 0.903. The molecule has 1 aliphatic heterocycles. The molecule has 21 heavy (non-hydrogen) atoms. The van der Waals surface area contributed by atoms with Gasteiger partial charge < -0.3 is 15.1 Å². The molecule has 0 aliphatic carbocycles. The number of hydrogen-bond acceptors (Lipinski definition) is 5. The van der Waals surface area contributed by atoms with Crippen LogP contribution in [0.15, 0.2) is 6.20 Å². The summed E-state index contributed by atoms with van der Waals surface area (Å²) in [5.41, 5.74) is 0. The predicted molar refractivity (Wildman–Crippen MR) is 78.8 cm³/mol. The molecule has 2 heterocycles. The number of aromatic nitrogens is 1. The summed E-state index contributed by atoms with van der Waals surface area (Å²) in [6.45, 7) is 4.01. The number of piperidine rings is 1. The zero-order chi connectivity index (χ0) is 15.5. The maximum atomic E-state index is 12.5. The molecule has 1 saturated heterocycles. The highest BCUT2D eigenvalue weighted by atomic mass is 32.1. The topological polar surface area (TPSA) is 31.4 Å². The SMILES string of the molecule is CN(C)CCN1CCC(Nc2ncc(C(F)(F)F)s2)CC1. The van der Waals surface area contributed by atoms with Gasteiger partial charge in [-0.25, -0.2) is 4.98 Å². The lowest BCUT2D eigenvalue weighted by molar-refractivity contribution is -0.134. The molecule has 0 aromatic carbocycles. The third-order valence-corrected chi connectivity index (χ3v) is 4.54. The van der Waals surface area contributed by atoms with Gasteiger partial charge in [0.2, 0.25) is 0 Å². The van der Waals surface area contributed by atoms with E-state index in [0.29, 0.717) is 16.5 Å². The zero-order valence-corrected chi connectivity index (χ0v) is 13.1. The van der Waals surface area contributed by atoms with Gasteiger partial charge in [0.15, 0.2) is 5.13 Å². The van der Waals surface area contributed by atoms with Gasteiger partial charge in [0, 0.05) is 32.2 Å². The van der Waals surface area contributed by atoms with Crippen molar-refractivity contribution in [1.82, 2.24) is 14.8 Å². The van der Waals surface area contributed by atoms with Gasteiger partial charge in [-0.2, -0.15) is 13.2 Å². The Labute approximate surface area is 127 Å². The number of likely N-dealkylation sites (N-methyl/N-ethyl adjacent to an activating group) is 1. The molecule has 2 rings (SSSR count). The van der Waals surface area contributed by atoms with Crippen LogP contribution >= 0.6 is 11.3 Å². The fourth-order valence-corrected chi connectivity index (χ4v) is 3.05. The lowest BCUT2D eigenvalue weighted by Crippen LogP contribution is -2.41. The van der Waals surface area contributed by atoms with Crippen LogP contribution in [-0.2, 0) is 6.18 Å². The highest BCUT2D eigenvalue weighted by Gasteiger charge is 2.33. The minimum Gasteiger partial charge on any atom is -0.359 e. The number of halogens is 3. The average molecular weight is 322 g/mol. The number of rotatable bonds is 5. The van der Waals surface area contributed by atoms with E-state index in [9.17, 15) is 13.2 Å². The number of nitrogens with zero attached hydrogens (tertiary/aromatic N) is 3. The molecule has 0 atom stereocenters. The number of anilines is 1. The van der Waals surface area contributed by atoms with E-state index in [1.54, 1.807) is 0 Å². The Morgan fingerprint density at radius 2 is 2.05 bits per heavy atom. The molecular formula is C13H21F3N4S. The average Bonchev–Trinajstić information content (AvgIpc) is 2.86. The Hall–Kier alpha value is -0.860. The van der Waals surface area contributed by atoms with Gasteiger partial charge in [-0.05, 0) is 26.9 Å². The molecular weight excluding hydrogens is 301 g/mol. The summed E-state index contributed by atoms with van der Waals surface area (Å²) in [5.74, 6) is 0. The Kier molecular flexibility index (Phi) is 5.45. The fraction of sp³-hybridized carbons (Fsp3) is 0.769. The Balaban J connectivity index is 1.77. The van der Waals surface area contributed by atoms with Gasteiger partial charge in [0.1, 0.15) is 4.88 Å². The molecule has 1 fully saturated rings. The van der Waals surface area contributed by atoms with Gasteiger partial charge in [-0.15, -0.1) is 0 Å². The first kappa shape index (κ1) is 16.5. The molecule has 4 nitrogen and oxygen atoms in total. The normalized spacial score (nSPS) is 18.4. The molecule has 0 amide bonds. The lowest BCUT2D eigenvalue weighted by atomic mass is 10.1. The molecule has 1 aromatic heterocycles. The first-order valence-electron chi connectivity index (χ1n) is 7.01. The molecule has 120 valence electrons. The van der Waals surface area contributed by atoms with Crippen LogP contribution in [0.3, 0.4) is 0 Å². The van der Waals surface area contributed by atoms with E-state index in [1.165, 1.54) is 0 Å². The summed E-state index contributed by atoms with van der Waals surface area (Å²) < 4.78 is 37.5. The fourth-order valence-electron chi connectivity index (χ4n) is 2.29. The van der Waals surface area contributed by atoms with Crippen LogP contribution < -0.4 is 5.32 Å². The second-order valence-corrected chi connectivity index (χ2v) is 6.62. The number of hydrogen-bond donors (Lipinski definition) is 1. The largest absolute Gasteiger partial charge is 0.427 e. The lowest BCUT2D eigenvalue weighted by Gasteiger charge is -2.32. The van der Waals surface area contributed by atoms with E-state index in [0.717, 1.165) is 45.2 Å². The number of thiazole rings is 1. The van der Waals surface area contributed by atoms with Crippen LogP contribution in [0.2, 0.25) is 0 Å². The Morgan fingerprint density at radius 3 is 2.57 bits per heavy atom. The summed E-state index contributed by atoms with van der Waals surface area (Å²) in [4.78, 5) is 7.72. The third-order valence-electron chi connectivity index (χ3n) is 3.56. The second kappa shape index (κ2) is 6.93. The predicted octanol–water partition coefficient (Wildman–Crippen LogP) is 2.60. The molecule has 1 aliphatic rings. The van der Waals surface area contributed by atoms with Crippen molar-refractivity contribution in [2.75, 3.05) is 45.6 Å². The van der Waals surface area contributed by atoms with Crippen molar-refractivity contribution in [3.8, 4) is 0 Å². The van der Waals surface area contributed by atoms with Gasteiger partial charge in [0.05, 0.1) is 6.20 Å². The Bertz CT molecular complexity index is 439. The highest BCUT2D eigenvalue weighted by molar-refractivity contribution is 7.15. The van der Waals surface area contributed by atoms with Crippen molar-refractivity contribution < 1.29 is 13.2 Å². The summed E-state index contributed by atoms with van der Waals surface area (Å²) in [7, 11) is 4.10. The maximum Gasteiger partial charge on any atom is 0.427 e. The highest BCUT2D eigenvalue weighted by Crippen LogP contribution is 2.35. The van der Waals surface area contributed by atoms with Crippen molar-refractivity contribution >= 4 is 16.5 Å². The van der Waals surface area contributed by atoms with E-state index in [-0.39, 0.29) is 6.04 Å². The van der Waals surface area contributed by atoms with Crippen molar-refractivity contribution in [2.45, 2.75) is 25.1 Å². The van der Waals surface area contributed by atoms with Crippen LogP contribution in [0.5, 0.6) is 0 Å². The second-order valence-electron chi connectivity index (χ2n) is 5.59. The molecule has 0 saturated carbocycles. The van der Waals surface area contributed by atoms with E-state index >= 15 is 0 Å². The number of likely N-dealkylation sites (tertiary alicyclic amines) is 1. The minimum atomic E-state index is -4.30. The molecule has 0 spiro atoms. The van der Waals surface area contributed by atoms with Gasteiger partial charge in [0.25, 0.3) is 0 Å². The molecule has 0 radical (unpaired) electrons. The summed E-state index contributed by atoms with van der Waals surface area (Å²) >= 11 is 0.681. The van der Waals surface area contributed by atoms with Crippen LogP contribution in [0.25, 0.3) is 0 Å². The van der Waals surface area contributed by atoms with Gasteiger partial charge in [-0.3, -0.25) is 0 Å². The van der Waals surface area contributed by atoms with Gasteiger partial charge >= 0.3 is 6.18 Å². The van der Waals surface area contributed by atoms with Crippen LogP contribution in [0.4, 0.5) is 18.3 Å². The van der Waals surface area contributed by atoms with E-state index in [1.807, 2.05) is 0 Å². The minimum absolute atomic E-state index is 0.216. The van der Waals surface area contributed by atoms with Crippen LogP contribution in [0.1, 0.15) is 17.7 Å². The molecule has 0 bridgehead atoms. The maximum absolute atomic E-state index is 12.5. The van der Waals surface area contributed by atoms with Crippen molar-refractivity contribution in [2.24, 2.45) is 0 Å². The van der Waals surface area contributed by atoms with E-state index < -0.39 is 11.1 Å². The van der Waals surface area contributed by atoms with Crippen molar-refractivity contribution in [1.29, 1.82) is 0 Å². The molecule has 1 N–H and O–H groups in total. The van der Waals surface area contributed by atoms with Crippen LogP contribution in [0, 0.1) is 0 Å². The van der Waals surface area contributed by atoms with E-state index in [4.69, 9.17) is 0 Å². The third kappa shape index (κ3) is 5.12. The summed E-state index contributed by atoms with van der Waals surface area (Å²) in [5, 5.41) is 3.50. The molecule has 1 aromatic rings. The first-order valence-corrected chi connectivity index (χ1v) is 7.83. The van der Waals surface area contributed by atoms with Crippen molar-refractivity contribution in [3.05, 3.63) is 11.1 Å². The summed E-state index contributed by atoms with van der Waals surface area (Å²) in [6.07, 6.45) is -1.52. The first-order chi connectivity index (χ1) is 9.84. The standard InChI is InChI=1S/C13H21F3N4S/c1-19(2)7-8-20-5-3-10(4-6-20)18-12-17-9-11(21-12)13(14,15)16/h9-10H,3-8H2,1-2H3,(H,17,18). The van der Waals surface area contributed by atoms with Crippen molar-refractivity contribution in [3.63, 3.8) is 0 Å². The number of nitrogens with one attached hydrogen (secondary N) is 1. The van der Waals surface area contributed by atoms with Crippen LogP contribution in [-0.4, -0.2) is 61.1 Å². The molecule has 8 heteroatoms. The van der Waals surface area contributed by atoms with E-state index in [2.05, 4.69) is 34.2 Å². The zero-order valence-electron chi connectivity index (χ0n) is 12.3. The monoisotopic (exact) mass is 322 g/mol. The Morgan fingerprint density at radius 1 is 1.38 bits per heavy atom. The number of alkyl halides is 3. The summed E-state index contributed by atoms with van der Waals surface area (Å²) in [6, 6.07) is 0.216. The smallest absolute Gasteiger partial charge is 0.359 e. The van der Waals surface area contributed by atoms with Gasteiger partial charge in [-0.1, -0.05) is 11.3 Å². The molecule has 0 unspecified atom stereocenters.